The van der Waals surface area contributed by atoms with Gasteiger partial charge in [-0.25, -0.2) is 4.98 Å². The molecule has 0 unspecified atom stereocenters. The Balaban J connectivity index is 1.55. The van der Waals surface area contributed by atoms with Gasteiger partial charge >= 0.3 is 0 Å². The van der Waals surface area contributed by atoms with E-state index in [4.69, 9.17) is 0 Å². The van der Waals surface area contributed by atoms with Gasteiger partial charge in [0, 0.05) is 10.4 Å². The first-order valence-corrected chi connectivity index (χ1v) is 9.39. The number of hydrogen-bond acceptors (Lipinski definition) is 4. The van der Waals surface area contributed by atoms with Crippen molar-refractivity contribution in [3.05, 3.63) is 92.7 Å². The third kappa shape index (κ3) is 3.39. The highest BCUT2D eigenvalue weighted by Gasteiger charge is 2.09. The zero-order valence-electron chi connectivity index (χ0n) is 14.7. The van der Waals surface area contributed by atoms with E-state index in [-0.39, 0.29) is 11.5 Å². The second-order valence-electron chi connectivity index (χ2n) is 6.19. The number of carbonyl (C=O) groups is 1. The summed E-state index contributed by atoms with van der Waals surface area (Å²) in [5.74, 6) is -0.140. The van der Waals surface area contributed by atoms with Crippen LogP contribution in [0.1, 0.15) is 20.8 Å². The van der Waals surface area contributed by atoms with Gasteiger partial charge in [-0.2, -0.15) is 0 Å². The number of nitrogens with zero attached hydrogens (tertiary/aromatic N) is 2. The molecule has 1 N–H and O–H groups in total. The van der Waals surface area contributed by atoms with Crippen molar-refractivity contribution in [2.75, 3.05) is 0 Å². The Labute approximate surface area is 159 Å². The van der Waals surface area contributed by atoms with E-state index in [2.05, 4.69) is 10.3 Å². The Morgan fingerprint density at radius 3 is 2.63 bits per heavy atom. The summed E-state index contributed by atoms with van der Waals surface area (Å²) in [4.78, 5) is 30.5. The fourth-order valence-electron chi connectivity index (χ4n) is 2.87. The van der Waals surface area contributed by atoms with Crippen molar-refractivity contribution >= 4 is 28.1 Å². The average molecular weight is 375 g/mol. The number of nitrogens with one attached hydrogen (secondary N) is 1. The molecule has 0 aliphatic carbocycles. The molecule has 0 bridgehead atoms. The lowest BCUT2D eigenvalue weighted by Gasteiger charge is -2.08. The van der Waals surface area contributed by atoms with E-state index in [0.717, 1.165) is 4.88 Å². The number of amides is 1. The molecule has 0 spiro atoms. The van der Waals surface area contributed by atoms with E-state index >= 15 is 0 Å². The van der Waals surface area contributed by atoms with Crippen LogP contribution in [0.4, 0.5) is 0 Å². The summed E-state index contributed by atoms with van der Waals surface area (Å²) in [6.45, 7) is 2.54. The maximum absolute atomic E-state index is 12.7. The molecule has 0 saturated carbocycles. The van der Waals surface area contributed by atoms with Crippen molar-refractivity contribution in [1.29, 1.82) is 0 Å². The predicted molar refractivity (Wildman–Crippen MR) is 108 cm³/mol. The average Bonchev–Trinajstić information content (AvgIpc) is 3.12. The first kappa shape index (κ1) is 17.2. The van der Waals surface area contributed by atoms with Crippen LogP contribution in [0.15, 0.2) is 71.1 Å². The van der Waals surface area contributed by atoms with Crippen molar-refractivity contribution in [1.82, 2.24) is 14.9 Å². The molecule has 0 aliphatic rings. The summed E-state index contributed by atoms with van der Waals surface area (Å²) in [7, 11) is 0. The standard InChI is InChI=1S/C21H17N3O2S/c1-14-10-11-27-19(14)12-22-20(25)15-6-8-16(9-7-15)24-13-23-18-5-3-2-4-17(18)21(24)26/h2-11,13H,12H2,1H3,(H,22,25). The molecule has 2 aromatic carbocycles. The molecule has 2 heterocycles. The molecule has 0 atom stereocenters. The van der Waals surface area contributed by atoms with Gasteiger partial charge in [0.15, 0.2) is 0 Å². The van der Waals surface area contributed by atoms with Gasteiger partial charge in [-0.1, -0.05) is 12.1 Å². The monoisotopic (exact) mass is 375 g/mol. The smallest absolute Gasteiger partial charge is 0.265 e. The summed E-state index contributed by atoms with van der Waals surface area (Å²) in [6.07, 6.45) is 1.51. The first-order valence-electron chi connectivity index (χ1n) is 8.51. The van der Waals surface area contributed by atoms with Crippen LogP contribution >= 0.6 is 11.3 Å². The molecule has 1 amide bonds. The van der Waals surface area contributed by atoms with Gasteiger partial charge in [-0.15, -0.1) is 11.3 Å². The molecule has 0 radical (unpaired) electrons. The number of thiophene rings is 1. The summed E-state index contributed by atoms with van der Waals surface area (Å²) in [5, 5.41) is 5.51. The fraction of sp³-hybridized carbons (Fsp3) is 0.0952. The van der Waals surface area contributed by atoms with Crippen LogP contribution in [0, 0.1) is 6.92 Å². The molecule has 4 rings (SSSR count). The molecule has 4 aromatic rings. The number of carbonyl (C=O) groups excluding carboxylic acids is 1. The number of aryl methyl sites for hydroxylation is 1. The van der Waals surface area contributed by atoms with Crippen LogP contribution in [0.3, 0.4) is 0 Å². The van der Waals surface area contributed by atoms with Crippen LogP contribution in [0.2, 0.25) is 0 Å². The van der Waals surface area contributed by atoms with E-state index in [0.29, 0.717) is 28.7 Å². The van der Waals surface area contributed by atoms with Crippen molar-refractivity contribution in [3.8, 4) is 5.69 Å². The Kier molecular flexibility index (Phi) is 4.56. The normalized spacial score (nSPS) is 10.9. The minimum Gasteiger partial charge on any atom is -0.347 e. The highest BCUT2D eigenvalue weighted by Crippen LogP contribution is 2.15. The summed E-state index contributed by atoms with van der Waals surface area (Å²) in [6, 6.07) is 16.2. The van der Waals surface area contributed by atoms with E-state index < -0.39 is 0 Å². The largest absolute Gasteiger partial charge is 0.347 e. The molecule has 0 aliphatic heterocycles. The Bertz CT molecular complexity index is 1180. The van der Waals surface area contributed by atoms with Crippen molar-refractivity contribution < 1.29 is 4.79 Å². The van der Waals surface area contributed by atoms with Crippen LogP contribution < -0.4 is 10.9 Å². The van der Waals surface area contributed by atoms with Gasteiger partial charge in [0.25, 0.3) is 11.5 Å². The third-order valence-corrected chi connectivity index (χ3v) is 5.47. The Hall–Kier alpha value is -3.25. The summed E-state index contributed by atoms with van der Waals surface area (Å²) >= 11 is 1.63. The zero-order valence-corrected chi connectivity index (χ0v) is 15.5. The summed E-state index contributed by atoms with van der Waals surface area (Å²) < 4.78 is 1.49. The van der Waals surface area contributed by atoms with E-state index in [9.17, 15) is 9.59 Å². The maximum atomic E-state index is 12.7. The van der Waals surface area contributed by atoms with E-state index in [1.54, 1.807) is 41.7 Å². The van der Waals surface area contributed by atoms with Crippen LogP contribution in [-0.4, -0.2) is 15.5 Å². The highest BCUT2D eigenvalue weighted by molar-refractivity contribution is 7.10. The van der Waals surface area contributed by atoms with Crippen molar-refractivity contribution in [2.24, 2.45) is 0 Å². The van der Waals surface area contributed by atoms with Gasteiger partial charge in [0.1, 0.15) is 6.33 Å². The number of fused-ring (bicyclic) bond motifs is 1. The molecular formula is C21H17N3O2S. The number of aromatic nitrogens is 2. The molecule has 134 valence electrons. The second kappa shape index (κ2) is 7.17. The molecule has 0 saturated heterocycles. The third-order valence-electron chi connectivity index (χ3n) is 4.45. The molecule has 27 heavy (non-hydrogen) atoms. The summed E-state index contributed by atoms with van der Waals surface area (Å²) in [5.41, 5.74) is 2.93. The fourth-order valence-corrected chi connectivity index (χ4v) is 3.72. The quantitative estimate of drug-likeness (QED) is 0.592. The van der Waals surface area contributed by atoms with Gasteiger partial charge in [0.05, 0.1) is 23.1 Å². The van der Waals surface area contributed by atoms with Crippen molar-refractivity contribution in [3.63, 3.8) is 0 Å². The van der Waals surface area contributed by atoms with Gasteiger partial charge in [-0.05, 0) is 60.3 Å². The molecule has 6 heteroatoms. The van der Waals surface area contributed by atoms with Gasteiger partial charge in [-0.3, -0.25) is 14.2 Å². The molecule has 0 fully saturated rings. The van der Waals surface area contributed by atoms with Crippen molar-refractivity contribution in [2.45, 2.75) is 13.5 Å². The van der Waals surface area contributed by atoms with Gasteiger partial charge < -0.3 is 5.32 Å². The Morgan fingerprint density at radius 1 is 1.11 bits per heavy atom. The minimum absolute atomic E-state index is 0.133. The lowest BCUT2D eigenvalue weighted by Crippen LogP contribution is -2.23. The van der Waals surface area contributed by atoms with Crippen LogP contribution in [-0.2, 0) is 6.54 Å². The van der Waals surface area contributed by atoms with E-state index in [1.165, 1.54) is 16.5 Å². The predicted octanol–water partition coefficient (Wildman–Crippen LogP) is 3.69. The molecule has 2 aromatic heterocycles. The lowest BCUT2D eigenvalue weighted by atomic mass is 10.2. The van der Waals surface area contributed by atoms with Gasteiger partial charge in [0.2, 0.25) is 0 Å². The minimum atomic E-state index is -0.140. The molecular weight excluding hydrogens is 358 g/mol. The van der Waals surface area contributed by atoms with Crippen LogP contribution in [0.25, 0.3) is 16.6 Å². The molecule has 5 nitrogen and oxygen atoms in total. The van der Waals surface area contributed by atoms with Crippen LogP contribution in [0.5, 0.6) is 0 Å². The lowest BCUT2D eigenvalue weighted by molar-refractivity contribution is 0.0951. The highest BCUT2D eigenvalue weighted by atomic mass is 32.1. The number of rotatable bonds is 4. The Morgan fingerprint density at radius 2 is 1.89 bits per heavy atom. The SMILES string of the molecule is Cc1ccsc1CNC(=O)c1ccc(-n2cnc3ccccc3c2=O)cc1. The second-order valence-corrected chi connectivity index (χ2v) is 7.19. The first-order chi connectivity index (χ1) is 13.1. The van der Waals surface area contributed by atoms with E-state index in [1.807, 2.05) is 36.6 Å². The number of hydrogen-bond donors (Lipinski definition) is 1. The number of benzene rings is 2. The number of para-hydroxylation sites is 1. The maximum Gasteiger partial charge on any atom is 0.265 e. The topological polar surface area (TPSA) is 64.0 Å². The zero-order chi connectivity index (χ0) is 18.8.